The summed E-state index contributed by atoms with van der Waals surface area (Å²) in [6.45, 7) is 1.87. The number of fused-ring (bicyclic) bond motifs is 1. The highest BCUT2D eigenvalue weighted by molar-refractivity contribution is 6.01. The van der Waals surface area contributed by atoms with Gasteiger partial charge in [-0.2, -0.15) is 5.26 Å². The lowest BCUT2D eigenvalue weighted by molar-refractivity contribution is 0.0939. The molecule has 0 radical (unpaired) electrons. The Kier molecular flexibility index (Phi) is 4.56. The molecule has 1 unspecified atom stereocenters. The van der Waals surface area contributed by atoms with E-state index in [-0.39, 0.29) is 11.9 Å². The highest BCUT2D eigenvalue weighted by atomic mass is 16.1. The fourth-order valence-electron chi connectivity index (χ4n) is 3.23. The molecule has 0 spiro atoms. The van der Waals surface area contributed by atoms with Gasteiger partial charge in [-0.05, 0) is 36.8 Å². The van der Waals surface area contributed by atoms with E-state index in [9.17, 15) is 10.1 Å². The third-order valence-corrected chi connectivity index (χ3v) is 4.58. The summed E-state index contributed by atoms with van der Waals surface area (Å²) >= 11 is 0. The number of nitriles is 1. The molecule has 136 valence electrons. The molecule has 0 bridgehead atoms. The van der Waals surface area contributed by atoms with Crippen LogP contribution in [0.2, 0.25) is 0 Å². The van der Waals surface area contributed by atoms with Crippen LogP contribution in [0.25, 0.3) is 16.8 Å². The molecule has 4 rings (SSSR count). The predicted molar refractivity (Wildman–Crippen MR) is 105 cm³/mol. The van der Waals surface area contributed by atoms with E-state index in [2.05, 4.69) is 21.6 Å². The first-order chi connectivity index (χ1) is 13.7. The van der Waals surface area contributed by atoms with Crippen LogP contribution in [0.4, 0.5) is 0 Å². The quantitative estimate of drug-likeness (QED) is 0.595. The van der Waals surface area contributed by atoms with Gasteiger partial charge in [-0.3, -0.25) is 9.20 Å². The van der Waals surface area contributed by atoms with Crippen molar-refractivity contribution < 1.29 is 4.79 Å². The highest BCUT2D eigenvalue weighted by Gasteiger charge is 2.19. The van der Waals surface area contributed by atoms with E-state index < -0.39 is 0 Å². The Labute approximate surface area is 162 Å². The summed E-state index contributed by atoms with van der Waals surface area (Å²) in [7, 11) is 0. The summed E-state index contributed by atoms with van der Waals surface area (Å²) in [5.74, 6) is 0.419. The predicted octanol–water partition coefficient (Wildman–Crippen LogP) is 3.76. The van der Waals surface area contributed by atoms with Crippen molar-refractivity contribution >= 4 is 11.6 Å². The zero-order valence-electron chi connectivity index (χ0n) is 15.2. The standard InChI is InChI=1S/C22H17N5O/c1-15(21-26-25-20-12-6-7-13-27(20)21)24-22(28)19-11-5-4-10-18(19)17-9-3-2-8-16(17)14-23/h2-13,15H,1H3,(H,24,28). The van der Waals surface area contributed by atoms with Crippen molar-refractivity contribution in [3.63, 3.8) is 0 Å². The first-order valence-corrected chi connectivity index (χ1v) is 8.88. The number of carbonyl (C=O) groups is 1. The van der Waals surface area contributed by atoms with Crippen molar-refractivity contribution in [3.05, 3.63) is 89.9 Å². The largest absolute Gasteiger partial charge is 0.342 e. The van der Waals surface area contributed by atoms with E-state index in [0.29, 0.717) is 17.0 Å². The van der Waals surface area contributed by atoms with Crippen LogP contribution in [0.1, 0.15) is 34.7 Å². The normalized spacial score (nSPS) is 11.7. The molecule has 2 aromatic heterocycles. The van der Waals surface area contributed by atoms with Gasteiger partial charge in [-0.25, -0.2) is 0 Å². The van der Waals surface area contributed by atoms with Gasteiger partial charge in [0.15, 0.2) is 11.5 Å². The first kappa shape index (κ1) is 17.4. The molecule has 28 heavy (non-hydrogen) atoms. The number of hydrogen-bond acceptors (Lipinski definition) is 4. The zero-order chi connectivity index (χ0) is 19.5. The molecule has 0 aliphatic heterocycles. The van der Waals surface area contributed by atoms with E-state index >= 15 is 0 Å². The van der Waals surface area contributed by atoms with Crippen LogP contribution in [0, 0.1) is 11.3 Å². The van der Waals surface area contributed by atoms with Crippen molar-refractivity contribution in [1.82, 2.24) is 19.9 Å². The Morgan fingerprint density at radius 1 is 1.00 bits per heavy atom. The van der Waals surface area contributed by atoms with E-state index in [1.165, 1.54) is 0 Å². The number of benzene rings is 2. The fourth-order valence-corrected chi connectivity index (χ4v) is 3.23. The number of rotatable bonds is 4. The number of hydrogen-bond donors (Lipinski definition) is 1. The van der Waals surface area contributed by atoms with E-state index in [1.54, 1.807) is 12.1 Å². The van der Waals surface area contributed by atoms with Crippen LogP contribution in [0.5, 0.6) is 0 Å². The van der Waals surface area contributed by atoms with Crippen molar-refractivity contribution in [2.75, 3.05) is 0 Å². The van der Waals surface area contributed by atoms with Crippen LogP contribution in [0.3, 0.4) is 0 Å². The summed E-state index contributed by atoms with van der Waals surface area (Å²) in [5.41, 5.74) is 3.21. The third-order valence-electron chi connectivity index (χ3n) is 4.58. The van der Waals surface area contributed by atoms with E-state index in [4.69, 9.17) is 0 Å². The molecular formula is C22H17N5O. The lowest BCUT2D eigenvalue weighted by Gasteiger charge is -2.15. The zero-order valence-corrected chi connectivity index (χ0v) is 15.2. The van der Waals surface area contributed by atoms with Gasteiger partial charge in [0.1, 0.15) is 0 Å². The van der Waals surface area contributed by atoms with Crippen LogP contribution in [-0.4, -0.2) is 20.5 Å². The number of aromatic nitrogens is 3. The summed E-state index contributed by atoms with van der Waals surface area (Å²) in [5, 5.41) is 20.7. The number of carbonyl (C=O) groups excluding carboxylic acids is 1. The van der Waals surface area contributed by atoms with Crippen LogP contribution < -0.4 is 5.32 Å². The molecule has 1 atom stereocenters. The number of nitrogens with one attached hydrogen (secondary N) is 1. The molecule has 4 aromatic rings. The molecule has 2 aromatic carbocycles. The van der Waals surface area contributed by atoms with Gasteiger partial charge in [-0.15, -0.1) is 10.2 Å². The van der Waals surface area contributed by atoms with Crippen molar-refractivity contribution in [1.29, 1.82) is 5.26 Å². The Morgan fingerprint density at radius 3 is 2.54 bits per heavy atom. The average Bonchev–Trinajstić information content (AvgIpc) is 3.18. The van der Waals surface area contributed by atoms with Crippen molar-refractivity contribution in [2.24, 2.45) is 0 Å². The Morgan fingerprint density at radius 2 is 1.71 bits per heavy atom. The van der Waals surface area contributed by atoms with Crippen LogP contribution in [0.15, 0.2) is 72.9 Å². The number of amides is 1. The molecule has 6 heteroatoms. The van der Waals surface area contributed by atoms with Crippen molar-refractivity contribution in [3.8, 4) is 17.2 Å². The minimum atomic E-state index is -0.343. The molecular weight excluding hydrogens is 350 g/mol. The number of nitrogens with zero attached hydrogens (tertiary/aromatic N) is 4. The maximum Gasteiger partial charge on any atom is 0.252 e. The van der Waals surface area contributed by atoms with Gasteiger partial charge in [0, 0.05) is 17.3 Å². The molecule has 1 N–H and O–H groups in total. The average molecular weight is 367 g/mol. The molecule has 0 fully saturated rings. The van der Waals surface area contributed by atoms with Gasteiger partial charge >= 0.3 is 0 Å². The summed E-state index contributed by atoms with van der Waals surface area (Å²) in [6, 6.07) is 22.0. The highest BCUT2D eigenvalue weighted by Crippen LogP contribution is 2.27. The molecule has 0 saturated carbocycles. The Bertz CT molecular complexity index is 1200. The van der Waals surface area contributed by atoms with Crippen molar-refractivity contribution in [2.45, 2.75) is 13.0 Å². The topological polar surface area (TPSA) is 83.1 Å². The van der Waals surface area contributed by atoms with Crippen LogP contribution >= 0.6 is 0 Å². The van der Waals surface area contributed by atoms with E-state index in [1.807, 2.05) is 72.1 Å². The molecule has 1 amide bonds. The fraction of sp³-hybridized carbons (Fsp3) is 0.0909. The summed E-state index contributed by atoms with van der Waals surface area (Å²) in [6.07, 6.45) is 1.87. The lowest BCUT2D eigenvalue weighted by Crippen LogP contribution is -2.28. The first-order valence-electron chi connectivity index (χ1n) is 8.88. The second-order valence-corrected chi connectivity index (χ2v) is 6.39. The van der Waals surface area contributed by atoms with Crippen LogP contribution in [-0.2, 0) is 0 Å². The van der Waals surface area contributed by atoms with Gasteiger partial charge in [0.05, 0.1) is 17.7 Å². The second kappa shape index (κ2) is 7.33. The van der Waals surface area contributed by atoms with Gasteiger partial charge in [-0.1, -0.05) is 42.5 Å². The maximum absolute atomic E-state index is 13.0. The van der Waals surface area contributed by atoms with Gasteiger partial charge < -0.3 is 5.32 Å². The van der Waals surface area contributed by atoms with Gasteiger partial charge in [0.2, 0.25) is 0 Å². The Balaban J connectivity index is 1.67. The SMILES string of the molecule is CC(NC(=O)c1ccccc1-c1ccccc1C#N)c1nnc2ccccn12. The minimum absolute atomic E-state index is 0.233. The maximum atomic E-state index is 13.0. The molecule has 0 aliphatic carbocycles. The van der Waals surface area contributed by atoms with Gasteiger partial charge in [0.25, 0.3) is 5.91 Å². The summed E-state index contributed by atoms with van der Waals surface area (Å²) in [4.78, 5) is 13.0. The smallest absolute Gasteiger partial charge is 0.252 e. The molecule has 2 heterocycles. The number of pyridine rings is 1. The minimum Gasteiger partial charge on any atom is -0.342 e. The lowest BCUT2D eigenvalue weighted by atomic mass is 9.95. The second-order valence-electron chi connectivity index (χ2n) is 6.39. The molecule has 0 saturated heterocycles. The Hall–Kier alpha value is -3.98. The monoisotopic (exact) mass is 367 g/mol. The molecule has 0 aliphatic rings. The third kappa shape index (κ3) is 3.10. The molecule has 6 nitrogen and oxygen atoms in total. The summed E-state index contributed by atoms with van der Waals surface area (Å²) < 4.78 is 1.85. The van der Waals surface area contributed by atoms with E-state index in [0.717, 1.165) is 16.8 Å².